The van der Waals surface area contributed by atoms with Crippen LogP contribution in [0.25, 0.3) is 0 Å². The van der Waals surface area contributed by atoms with E-state index in [0.29, 0.717) is 26.3 Å². The third kappa shape index (κ3) is 5.60. The fourth-order valence-electron chi connectivity index (χ4n) is 3.41. The van der Waals surface area contributed by atoms with Crippen LogP contribution in [0.15, 0.2) is 52.3 Å². The zero-order valence-corrected chi connectivity index (χ0v) is 19.2. The van der Waals surface area contributed by atoms with E-state index in [0.717, 1.165) is 23.4 Å². The first kappa shape index (κ1) is 23.2. The number of benzene rings is 2. The van der Waals surface area contributed by atoms with Crippen LogP contribution >= 0.6 is 11.6 Å². The summed E-state index contributed by atoms with van der Waals surface area (Å²) in [5.74, 6) is 0. The third-order valence-electron chi connectivity index (χ3n) is 5.00. The van der Waals surface area contributed by atoms with Crippen LogP contribution in [-0.4, -0.2) is 60.8 Å². The molecule has 7 nitrogen and oxygen atoms in total. The number of sulfone groups is 1. The number of halogens is 1. The molecule has 0 aromatic heterocycles. The SMILES string of the molecule is Cc1cccc(C(CNS(=O)(=O)c2cc(S(C)(=O)=O)ccc2Cl)N2CCOCC2)c1. The summed E-state index contributed by atoms with van der Waals surface area (Å²) in [6.45, 7) is 4.63. The van der Waals surface area contributed by atoms with Gasteiger partial charge in [-0.05, 0) is 30.7 Å². The summed E-state index contributed by atoms with van der Waals surface area (Å²) in [7, 11) is -7.60. The average Bonchev–Trinajstić information content (AvgIpc) is 2.68. The number of nitrogens with zero attached hydrogens (tertiary/aromatic N) is 1. The van der Waals surface area contributed by atoms with Crippen molar-refractivity contribution in [1.29, 1.82) is 0 Å². The van der Waals surface area contributed by atoms with Gasteiger partial charge in [0.05, 0.1) is 23.1 Å². The summed E-state index contributed by atoms with van der Waals surface area (Å²) < 4.78 is 57.7. The standard InChI is InChI=1S/C20H25ClN2O5S2/c1-15-4-3-5-16(12-15)19(23-8-10-28-11-9-23)14-22-30(26,27)20-13-17(29(2,24)25)6-7-18(20)21/h3-7,12-13,19,22H,8-11,14H2,1-2H3. The zero-order chi connectivity index (χ0) is 21.9. The average molecular weight is 473 g/mol. The topological polar surface area (TPSA) is 92.8 Å². The number of nitrogens with one attached hydrogen (secondary N) is 1. The first-order valence-electron chi connectivity index (χ1n) is 9.45. The fourth-order valence-corrected chi connectivity index (χ4v) is 5.69. The van der Waals surface area contributed by atoms with E-state index in [1.54, 1.807) is 0 Å². The van der Waals surface area contributed by atoms with Crippen LogP contribution in [-0.2, 0) is 24.6 Å². The molecule has 0 saturated carbocycles. The fraction of sp³-hybridized carbons (Fsp3) is 0.400. The molecule has 1 aliphatic rings. The van der Waals surface area contributed by atoms with Gasteiger partial charge in [-0.25, -0.2) is 21.6 Å². The Labute approximate surface area is 183 Å². The van der Waals surface area contributed by atoms with Crippen molar-refractivity contribution >= 4 is 31.5 Å². The Morgan fingerprint density at radius 1 is 1.10 bits per heavy atom. The van der Waals surface area contributed by atoms with Gasteiger partial charge >= 0.3 is 0 Å². The van der Waals surface area contributed by atoms with Crippen molar-refractivity contribution in [3.05, 3.63) is 58.6 Å². The summed E-state index contributed by atoms with van der Waals surface area (Å²) in [4.78, 5) is 1.82. The van der Waals surface area contributed by atoms with Crippen molar-refractivity contribution in [2.24, 2.45) is 0 Å². The minimum atomic E-state index is -4.03. The Bertz CT molecular complexity index is 1110. The van der Waals surface area contributed by atoms with Crippen molar-refractivity contribution in [1.82, 2.24) is 9.62 Å². The monoisotopic (exact) mass is 472 g/mol. The van der Waals surface area contributed by atoms with E-state index >= 15 is 0 Å². The second-order valence-electron chi connectivity index (χ2n) is 7.29. The van der Waals surface area contributed by atoms with Gasteiger partial charge in [-0.15, -0.1) is 0 Å². The first-order valence-corrected chi connectivity index (χ1v) is 13.2. The van der Waals surface area contributed by atoms with Crippen molar-refractivity contribution in [3.63, 3.8) is 0 Å². The maximum atomic E-state index is 13.0. The Morgan fingerprint density at radius 3 is 2.43 bits per heavy atom. The lowest BCUT2D eigenvalue weighted by Gasteiger charge is -2.35. The van der Waals surface area contributed by atoms with Gasteiger partial charge in [0.25, 0.3) is 0 Å². The molecule has 0 radical (unpaired) electrons. The van der Waals surface area contributed by atoms with Gasteiger partial charge in [-0.1, -0.05) is 41.4 Å². The van der Waals surface area contributed by atoms with Crippen LogP contribution in [0.5, 0.6) is 0 Å². The van der Waals surface area contributed by atoms with Crippen LogP contribution in [0.2, 0.25) is 5.02 Å². The molecule has 1 heterocycles. The summed E-state index contributed by atoms with van der Waals surface area (Å²) in [6.07, 6.45) is 1.02. The number of sulfonamides is 1. The smallest absolute Gasteiger partial charge is 0.242 e. The quantitative estimate of drug-likeness (QED) is 0.665. The summed E-state index contributed by atoms with van der Waals surface area (Å²) in [6, 6.07) is 11.4. The second-order valence-corrected chi connectivity index (χ2v) is 11.5. The van der Waals surface area contributed by atoms with E-state index in [4.69, 9.17) is 16.3 Å². The molecule has 0 bridgehead atoms. The number of aryl methyl sites for hydroxylation is 1. The van der Waals surface area contributed by atoms with Crippen molar-refractivity contribution in [2.45, 2.75) is 22.8 Å². The lowest BCUT2D eigenvalue weighted by molar-refractivity contribution is 0.0172. The molecule has 164 valence electrons. The van der Waals surface area contributed by atoms with Gasteiger partial charge in [0.1, 0.15) is 4.90 Å². The first-order chi connectivity index (χ1) is 14.1. The van der Waals surface area contributed by atoms with Crippen molar-refractivity contribution in [3.8, 4) is 0 Å². The van der Waals surface area contributed by atoms with Gasteiger partial charge in [-0.2, -0.15) is 0 Å². The lowest BCUT2D eigenvalue weighted by Crippen LogP contribution is -2.43. The molecule has 1 saturated heterocycles. The van der Waals surface area contributed by atoms with Crippen LogP contribution in [0.3, 0.4) is 0 Å². The largest absolute Gasteiger partial charge is 0.379 e. The minimum absolute atomic E-state index is 0.0339. The van der Waals surface area contributed by atoms with Crippen molar-refractivity contribution in [2.75, 3.05) is 39.1 Å². The summed E-state index contributed by atoms with van der Waals surface area (Å²) >= 11 is 6.09. The molecule has 2 aromatic rings. The van der Waals surface area contributed by atoms with E-state index in [9.17, 15) is 16.8 Å². The number of morpholine rings is 1. The van der Waals surface area contributed by atoms with Gasteiger partial charge in [-0.3, -0.25) is 4.90 Å². The molecule has 0 spiro atoms. The maximum Gasteiger partial charge on any atom is 0.242 e. The normalized spacial score (nSPS) is 17.0. The number of ether oxygens (including phenoxy) is 1. The van der Waals surface area contributed by atoms with E-state index in [1.807, 2.05) is 31.2 Å². The number of rotatable bonds is 7. The highest BCUT2D eigenvalue weighted by atomic mass is 35.5. The molecule has 3 rings (SSSR count). The van der Waals surface area contributed by atoms with Gasteiger partial charge < -0.3 is 4.74 Å². The summed E-state index contributed by atoms with van der Waals surface area (Å²) in [5, 5.41) is -0.0339. The highest BCUT2D eigenvalue weighted by Crippen LogP contribution is 2.27. The molecule has 1 aliphatic heterocycles. The van der Waals surface area contributed by atoms with E-state index in [1.165, 1.54) is 12.1 Å². The molecular formula is C20H25ClN2O5S2. The Balaban J connectivity index is 1.89. The predicted octanol–water partition coefficient (Wildman–Crippen LogP) is 2.40. The highest BCUT2D eigenvalue weighted by Gasteiger charge is 2.27. The Kier molecular flexibility index (Phi) is 7.21. The molecule has 30 heavy (non-hydrogen) atoms. The molecule has 2 aromatic carbocycles. The minimum Gasteiger partial charge on any atom is -0.379 e. The Hall–Kier alpha value is -1.49. The lowest BCUT2D eigenvalue weighted by atomic mass is 10.0. The second kappa shape index (κ2) is 9.33. The van der Waals surface area contributed by atoms with E-state index in [2.05, 4.69) is 9.62 Å². The Morgan fingerprint density at radius 2 is 1.80 bits per heavy atom. The van der Waals surface area contributed by atoms with Gasteiger partial charge in [0.15, 0.2) is 9.84 Å². The molecule has 1 fully saturated rings. The van der Waals surface area contributed by atoms with Gasteiger partial charge in [0.2, 0.25) is 10.0 Å². The number of hydrogen-bond acceptors (Lipinski definition) is 6. The molecule has 1 N–H and O–H groups in total. The van der Waals surface area contributed by atoms with Crippen LogP contribution in [0, 0.1) is 6.92 Å². The highest BCUT2D eigenvalue weighted by molar-refractivity contribution is 7.91. The van der Waals surface area contributed by atoms with Crippen LogP contribution in [0.1, 0.15) is 17.2 Å². The molecule has 1 atom stereocenters. The molecule has 10 heteroatoms. The van der Waals surface area contributed by atoms with Crippen molar-refractivity contribution < 1.29 is 21.6 Å². The zero-order valence-electron chi connectivity index (χ0n) is 16.8. The van der Waals surface area contributed by atoms with Crippen LogP contribution < -0.4 is 4.72 Å². The maximum absolute atomic E-state index is 13.0. The molecule has 0 aliphatic carbocycles. The molecule has 0 amide bonds. The third-order valence-corrected chi connectivity index (χ3v) is 8.02. The molecular weight excluding hydrogens is 448 g/mol. The molecule has 1 unspecified atom stereocenters. The predicted molar refractivity (Wildman–Crippen MR) is 116 cm³/mol. The van der Waals surface area contributed by atoms with Gasteiger partial charge in [0, 0.05) is 31.9 Å². The van der Waals surface area contributed by atoms with E-state index in [-0.39, 0.29) is 27.4 Å². The van der Waals surface area contributed by atoms with Crippen LogP contribution in [0.4, 0.5) is 0 Å². The number of hydrogen-bond donors (Lipinski definition) is 1. The van der Waals surface area contributed by atoms with E-state index < -0.39 is 19.9 Å². The summed E-state index contributed by atoms with van der Waals surface area (Å²) in [5.41, 5.74) is 2.08.